The van der Waals surface area contributed by atoms with Crippen molar-refractivity contribution in [3.05, 3.63) is 34.9 Å². The highest BCUT2D eigenvalue weighted by Crippen LogP contribution is 2.27. The van der Waals surface area contributed by atoms with Crippen molar-refractivity contribution in [2.24, 2.45) is 4.99 Å². The molecule has 1 fully saturated rings. The first kappa shape index (κ1) is 14.2. The molecular formula is C15H16ClN3O2. The minimum Gasteiger partial charge on any atom is -0.312 e. The maximum absolute atomic E-state index is 12.3. The molecule has 0 bridgehead atoms. The molecule has 2 atom stereocenters. The molecule has 1 aromatic rings. The number of carbonyl (C=O) groups excluding carboxylic acids is 2. The second kappa shape index (κ2) is 5.95. The second-order valence-electron chi connectivity index (χ2n) is 5.28. The Bertz CT molecular complexity index is 609. The topological polar surface area (TPSA) is 70.6 Å². The number of nitrogens with zero attached hydrogens (tertiary/aromatic N) is 1. The maximum atomic E-state index is 12.3. The second-order valence-corrected chi connectivity index (χ2v) is 5.69. The van der Waals surface area contributed by atoms with E-state index in [1.165, 1.54) is 0 Å². The number of benzene rings is 1. The van der Waals surface area contributed by atoms with Crippen molar-refractivity contribution in [3.8, 4) is 0 Å². The fourth-order valence-electron chi connectivity index (χ4n) is 2.76. The van der Waals surface area contributed by atoms with Crippen molar-refractivity contribution in [1.82, 2.24) is 10.6 Å². The van der Waals surface area contributed by atoms with Crippen LogP contribution >= 0.6 is 11.6 Å². The van der Waals surface area contributed by atoms with Crippen molar-refractivity contribution in [2.75, 3.05) is 6.54 Å². The van der Waals surface area contributed by atoms with Crippen LogP contribution in [0.25, 0.3) is 0 Å². The smallest absolute Gasteiger partial charge is 0.264 e. The number of carbonyl (C=O) groups is 2. The third-order valence-electron chi connectivity index (χ3n) is 3.85. The summed E-state index contributed by atoms with van der Waals surface area (Å²) in [5.41, 5.74) is 0.501. The van der Waals surface area contributed by atoms with E-state index in [-0.39, 0.29) is 11.9 Å². The van der Waals surface area contributed by atoms with Crippen molar-refractivity contribution in [1.29, 1.82) is 0 Å². The van der Waals surface area contributed by atoms with Crippen LogP contribution in [-0.4, -0.2) is 30.2 Å². The number of piperidine rings is 1. The molecule has 2 N–H and O–H groups in total. The molecule has 0 radical (unpaired) electrons. The SMILES string of the molecule is O=C1N=C(C2CCCCN2)NC(=O)C1c1ccccc1Cl. The van der Waals surface area contributed by atoms with Gasteiger partial charge in [-0.1, -0.05) is 36.2 Å². The van der Waals surface area contributed by atoms with Gasteiger partial charge in [-0.05, 0) is 31.0 Å². The van der Waals surface area contributed by atoms with Crippen LogP contribution in [0.2, 0.25) is 5.02 Å². The molecule has 2 heterocycles. The lowest BCUT2D eigenvalue weighted by Gasteiger charge is -2.28. The fraction of sp³-hybridized carbons (Fsp3) is 0.400. The lowest BCUT2D eigenvalue weighted by Crippen LogP contribution is -2.53. The molecule has 0 spiro atoms. The van der Waals surface area contributed by atoms with Gasteiger partial charge >= 0.3 is 0 Å². The van der Waals surface area contributed by atoms with Crippen LogP contribution < -0.4 is 10.6 Å². The average molecular weight is 306 g/mol. The molecule has 0 aliphatic carbocycles. The Labute approximate surface area is 127 Å². The van der Waals surface area contributed by atoms with Crippen molar-refractivity contribution in [3.63, 3.8) is 0 Å². The zero-order chi connectivity index (χ0) is 14.8. The molecule has 5 nitrogen and oxygen atoms in total. The predicted octanol–water partition coefficient (Wildman–Crippen LogP) is 1.62. The summed E-state index contributed by atoms with van der Waals surface area (Å²) in [5, 5.41) is 6.44. The van der Waals surface area contributed by atoms with E-state index < -0.39 is 11.8 Å². The molecule has 2 amide bonds. The number of halogens is 1. The Morgan fingerprint density at radius 1 is 1.19 bits per heavy atom. The lowest BCUT2D eigenvalue weighted by molar-refractivity contribution is -0.129. The van der Waals surface area contributed by atoms with E-state index in [2.05, 4.69) is 15.6 Å². The fourth-order valence-corrected chi connectivity index (χ4v) is 3.00. The molecule has 1 saturated heterocycles. The molecular weight excluding hydrogens is 290 g/mol. The van der Waals surface area contributed by atoms with Crippen LogP contribution in [0.15, 0.2) is 29.3 Å². The summed E-state index contributed by atoms with van der Waals surface area (Å²) in [4.78, 5) is 28.7. The maximum Gasteiger partial charge on any atom is 0.264 e. The summed E-state index contributed by atoms with van der Waals surface area (Å²) in [6.07, 6.45) is 3.05. The van der Waals surface area contributed by atoms with Crippen LogP contribution in [-0.2, 0) is 9.59 Å². The van der Waals surface area contributed by atoms with Crippen LogP contribution in [0.1, 0.15) is 30.7 Å². The van der Waals surface area contributed by atoms with E-state index in [1.807, 2.05) is 0 Å². The van der Waals surface area contributed by atoms with Gasteiger partial charge in [0.1, 0.15) is 11.8 Å². The van der Waals surface area contributed by atoms with Gasteiger partial charge in [-0.2, -0.15) is 4.99 Å². The van der Waals surface area contributed by atoms with Gasteiger partial charge in [0, 0.05) is 5.02 Å². The highest BCUT2D eigenvalue weighted by atomic mass is 35.5. The monoisotopic (exact) mass is 305 g/mol. The van der Waals surface area contributed by atoms with Crippen LogP contribution in [0.4, 0.5) is 0 Å². The lowest BCUT2D eigenvalue weighted by atomic mass is 9.94. The highest BCUT2D eigenvalue weighted by Gasteiger charge is 2.36. The number of aliphatic imine (C=N–C) groups is 1. The Morgan fingerprint density at radius 2 is 2.00 bits per heavy atom. The molecule has 2 unspecified atom stereocenters. The number of amides is 2. The summed E-state index contributed by atoms with van der Waals surface area (Å²) < 4.78 is 0. The Hall–Kier alpha value is -1.72. The van der Waals surface area contributed by atoms with Gasteiger partial charge in [0.15, 0.2) is 0 Å². The van der Waals surface area contributed by atoms with E-state index in [0.29, 0.717) is 16.4 Å². The van der Waals surface area contributed by atoms with Crippen molar-refractivity contribution < 1.29 is 9.59 Å². The van der Waals surface area contributed by atoms with E-state index in [1.54, 1.807) is 24.3 Å². The van der Waals surface area contributed by atoms with E-state index >= 15 is 0 Å². The number of rotatable bonds is 2. The number of amidine groups is 1. The van der Waals surface area contributed by atoms with E-state index in [0.717, 1.165) is 25.8 Å². The molecule has 0 saturated carbocycles. The zero-order valence-corrected chi connectivity index (χ0v) is 12.2. The van der Waals surface area contributed by atoms with Crippen LogP contribution in [0.3, 0.4) is 0 Å². The van der Waals surface area contributed by atoms with Gasteiger partial charge < -0.3 is 10.6 Å². The first-order chi connectivity index (χ1) is 10.2. The van der Waals surface area contributed by atoms with Crippen molar-refractivity contribution >= 4 is 29.3 Å². The third-order valence-corrected chi connectivity index (χ3v) is 4.19. The van der Waals surface area contributed by atoms with Gasteiger partial charge in [0.2, 0.25) is 5.91 Å². The summed E-state index contributed by atoms with van der Waals surface area (Å²) in [7, 11) is 0. The summed E-state index contributed by atoms with van der Waals surface area (Å²) >= 11 is 6.08. The highest BCUT2D eigenvalue weighted by molar-refractivity contribution is 6.32. The predicted molar refractivity (Wildman–Crippen MR) is 80.4 cm³/mol. The van der Waals surface area contributed by atoms with Crippen molar-refractivity contribution in [2.45, 2.75) is 31.2 Å². The van der Waals surface area contributed by atoms with Crippen LogP contribution in [0.5, 0.6) is 0 Å². The molecule has 6 heteroatoms. The quantitative estimate of drug-likeness (QED) is 0.816. The van der Waals surface area contributed by atoms with Gasteiger partial charge in [0.05, 0.1) is 6.04 Å². The summed E-state index contributed by atoms with van der Waals surface area (Å²) in [6, 6.07) is 6.82. The first-order valence-corrected chi connectivity index (χ1v) is 7.45. The minimum absolute atomic E-state index is 0.0427. The van der Waals surface area contributed by atoms with Gasteiger partial charge in [-0.3, -0.25) is 9.59 Å². The molecule has 110 valence electrons. The molecule has 3 rings (SSSR count). The molecule has 1 aromatic carbocycles. The normalized spacial score (nSPS) is 26.2. The molecule has 2 aliphatic rings. The summed E-state index contributed by atoms with van der Waals surface area (Å²) in [6.45, 7) is 0.877. The largest absolute Gasteiger partial charge is 0.312 e. The first-order valence-electron chi connectivity index (χ1n) is 7.08. The standard InChI is InChI=1S/C15H16ClN3O2/c16-10-6-2-1-5-9(10)12-14(20)18-13(19-15(12)21)11-7-3-4-8-17-11/h1-2,5-6,11-12,17H,3-4,7-8H2,(H,18,19,20,21). The Morgan fingerprint density at radius 3 is 2.67 bits per heavy atom. The van der Waals surface area contributed by atoms with Gasteiger partial charge in [-0.25, -0.2) is 0 Å². The minimum atomic E-state index is -0.953. The third kappa shape index (κ3) is 2.84. The van der Waals surface area contributed by atoms with E-state index in [9.17, 15) is 9.59 Å². The average Bonchev–Trinajstić information content (AvgIpc) is 2.49. The molecule has 21 heavy (non-hydrogen) atoms. The number of hydrogen-bond acceptors (Lipinski definition) is 3. The van der Waals surface area contributed by atoms with Gasteiger partial charge in [-0.15, -0.1) is 0 Å². The van der Waals surface area contributed by atoms with Gasteiger partial charge in [0.25, 0.3) is 5.91 Å². The zero-order valence-electron chi connectivity index (χ0n) is 11.4. The van der Waals surface area contributed by atoms with E-state index in [4.69, 9.17) is 11.6 Å². The molecule has 2 aliphatic heterocycles. The van der Waals surface area contributed by atoms with Crippen LogP contribution in [0, 0.1) is 0 Å². The number of nitrogens with one attached hydrogen (secondary N) is 2. The Kier molecular flexibility index (Phi) is 4.03. The molecule has 0 aromatic heterocycles. The summed E-state index contributed by atoms with van der Waals surface area (Å²) in [5.74, 6) is -1.32. The number of hydrogen-bond donors (Lipinski definition) is 2. The Balaban J connectivity index is 1.87.